The van der Waals surface area contributed by atoms with Crippen molar-refractivity contribution in [1.82, 2.24) is 30.2 Å². The molecule has 222 valence electrons. The first-order valence-electron chi connectivity index (χ1n) is 14.3. The zero-order valence-corrected chi connectivity index (χ0v) is 24.9. The second kappa shape index (κ2) is 14.5. The van der Waals surface area contributed by atoms with Gasteiger partial charge in [0, 0.05) is 43.3 Å². The molecule has 10 nitrogen and oxygen atoms in total. The van der Waals surface area contributed by atoms with Crippen LogP contribution in [-0.4, -0.2) is 64.6 Å². The third kappa shape index (κ3) is 7.01. The van der Waals surface area contributed by atoms with Crippen molar-refractivity contribution in [2.75, 3.05) is 44.9 Å². The summed E-state index contributed by atoms with van der Waals surface area (Å²) in [6, 6.07) is 12.2. The van der Waals surface area contributed by atoms with Crippen LogP contribution in [0.5, 0.6) is 11.6 Å². The monoisotopic (exact) mass is 591 g/mol. The van der Waals surface area contributed by atoms with Gasteiger partial charge >= 0.3 is 0 Å². The van der Waals surface area contributed by atoms with Crippen LogP contribution in [0.4, 0.5) is 5.69 Å². The summed E-state index contributed by atoms with van der Waals surface area (Å²) in [4.78, 5) is 15.7. The maximum absolute atomic E-state index is 9.07. The molecule has 0 amide bonds. The molecule has 0 bridgehead atoms. The Hall–Kier alpha value is -3.70. The highest BCUT2D eigenvalue weighted by atomic mass is 35.5. The number of nitrogens with zero attached hydrogens (tertiary/aromatic N) is 5. The standard InChI is InChI=1S/C31H38ClN7O3/c1-22-23(24-7-4-9-28(30(24)32)42-17-5-10-33-11-14-38-15-12-35-21-38)6-3-8-27(22)39-19-25-26(20-39)36-29(18-34-13-16-40)37-31(25)41-2/h3-4,6-9,12,15,21,33-34,40H,5,10-11,13-14,16-20H2,1-2H3. The summed E-state index contributed by atoms with van der Waals surface area (Å²) in [5.41, 5.74) is 6.19. The average Bonchev–Trinajstić information content (AvgIpc) is 3.68. The topological polar surface area (TPSA) is 110 Å². The van der Waals surface area contributed by atoms with Crippen LogP contribution in [-0.2, 0) is 26.2 Å². The molecule has 0 radical (unpaired) electrons. The Bertz CT molecular complexity index is 1470. The van der Waals surface area contributed by atoms with Crippen LogP contribution in [0.25, 0.3) is 11.1 Å². The number of ether oxygens (including phenoxy) is 2. The van der Waals surface area contributed by atoms with E-state index >= 15 is 0 Å². The Morgan fingerprint density at radius 2 is 1.88 bits per heavy atom. The molecule has 2 aromatic carbocycles. The van der Waals surface area contributed by atoms with Crippen LogP contribution >= 0.6 is 11.6 Å². The summed E-state index contributed by atoms with van der Waals surface area (Å²) in [7, 11) is 1.64. The Balaban J connectivity index is 1.24. The van der Waals surface area contributed by atoms with E-state index in [4.69, 9.17) is 31.2 Å². The molecule has 3 N–H and O–H groups in total. The molecular formula is C31H38ClN7O3. The summed E-state index contributed by atoms with van der Waals surface area (Å²) < 4.78 is 13.8. The third-order valence-corrected chi connectivity index (χ3v) is 7.71. The van der Waals surface area contributed by atoms with E-state index in [-0.39, 0.29) is 6.61 Å². The number of fused-ring (bicyclic) bond motifs is 1. The minimum absolute atomic E-state index is 0.0655. The van der Waals surface area contributed by atoms with Gasteiger partial charge in [-0.25, -0.2) is 9.97 Å². The smallest absolute Gasteiger partial charge is 0.221 e. The maximum Gasteiger partial charge on any atom is 0.221 e. The van der Waals surface area contributed by atoms with Crippen molar-refractivity contribution in [2.45, 2.75) is 39.5 Å². The fourth-order valence-corrected chi connectivity index (χ4v) is 5.47. The zero-order chi connectivity index (χ0) is 29.3. The fraction of sp³-hybridized carbons (Fsp3) is 0.387. The van der Waals surface area contributed by atoms with Crippen molar-refractivity contribution in [1.29, 1.82) is 0 Å². The average molecular weight is 592 g/mol. The number of hydrogen-bond acceptors (Lipinski definition) is 9. The second-order valence-corrected chi connectivity index (χ2v) is 10.5. The molecule has 2 aromatic heterocycles. The van der Waals surface area contributed by atoms with Gasteiger partial charge in [0.2, 0.25) is 5.88 Å². The van der Waals surface area contributed by atoms with E-state index in [0.29, 0.717) is 55.3 Å². The molecule has 4 aromatic rings. The molecule has 1 aliphatic rings. The minimum atomic E-state index is 0.0655. The molecule has 42 heavy (non-hydrogen) atoms. The summed E-state index contributed by atoms with van der Waals surface area (Å²) in [5.74, 6) is 1.94. The highest BCUT2D eigenvalue weighted by Crippen LogP contribution is 2.41. The first-order chi connectivity index (χ1) is 20.6. The molecule has 0 spiro atoms. The van der Waals surface area contributed by atoms with Crippen molar-refractivity contribution >= 4 is 17.3 Å². The van der Waals surface area contributed by atoms with Gasteiger partial charge in [-0.15, -0.1) is 0 Å². The molecule has 0 saturated carbocycles. The molecular weight excluding hydrogens is 554 g/mol. The first kappa shape index (κ1) is 29.8. The second-order valence-electron chi connectivity index (χ2n) is 10.2. The number of aliphatic hydroxyl groups excluding tert-OH is 1. The SMILES string of the molecule is COc1nc(CNCCO)nc2c1CN(c1cccc(-c3cccc(OCCCNCCn4ccnc4)c3Cl)c1C)C2. The Labute approximate surface area is 251 Å². The van der Waals surface area contributed by atoms with E-state index in [0.717, 1.165) is 59.7 Å². The molecule has 11 heteroatoms. The lowest BCUT2D eigenvalue weighted by atomic mass is 9.98. The van der Waals surface area contributed by atoms with Crippen LogP contribution in [0, 0.1) is 6.92 Å². The summed E-state index contributed by atoms with van der Waals surface area (Å²) >= 11 is 6.91. The van der Waals surface area contributed by atoms with E-state index in [9.17, 15) is 0 Å². The molecule has 1 aliphatic heterocycles. The Kier molecular flexibility index (Phi) is 10.3. The van der Waals surface area contributed by atoms with Gasteiger partial charge in [-0.3, -0.25) is 0 Å². The first-order valence-corrected chi connectivity index (χ1v) is 14.6. The predicted octanol–water partition coefficient (Wildman–Crippen LogP) is 3.97. The van der Waals surface area contributed by atoms with E-state index in [1.54, 1.807) is 13.3 Å². The number of imidazole rings is 1. The lowest BCUT2D eigenvalue weighted by Gasteiger charge is -2.22. The van der Waals surface area contributed by atoms with Gasteiger partial charge in [-0.2, -0.15) is 4.98 Å². The van der Waals surface area contributed by atoms with E-state index in [1.807, 2.05) is 30.7 Å². The number of halogens is 1. The van der Waals surface area contributed by atoms with Crippen LogP contribution in [0.2, 0.25) is 5.02 Å². The number of methoxy groups -OCH3 is 1. The van der Waals surface area contributed by atoms with Crippen molar-refractivity contribution in [3.8, 4) is 22.8 Å². The molecule has 3 heterocycles. The summed E-state index contributed by atoms with van der Waals surface area (Å²) in [6.45, 7) is 7.66. The lowest BCUT2D eigenvalue weighted by Crippen LogP contribution is -2.22. The molecule has 5 rings (SSSR count). The highest BCUT2D eigenvalue weighted by Gasteiger charge is 2.27. The summed E-state index contributed by atoms with van der Waals surface area (Å²) in [6.07, 6.45) is 6.45. The number of aromatic nitrogens is 4. The molecule has 0 unspecified atom stereocenters. The number of benzene rings is 2. The molecule has 0 atom stereocenters. The van der Waals surface area contributed by atoms with Gasteiger partial charge in [-0.05, 0) is 43.1 Å². The number of nitrogens with one attached hydrogen (secondary N) is 2. The maximum atomic E-state index is 9.07. The quantitative estimate of drug-likeness (QED) is 0.177. The molecule has 0 fully saturated rings. The fourth-order valence-electron chi connectivity index (χ4n) is 5.19. The van der Waals surface area contributed by atoms with Crippen molar-refractivity contribution < 1.29 is 14.6 Å². The number of hydrogen-bond donors (Lipinski definition) is 3. The number of anilines is 1. The van der Waals surface area contributed by atoms with E-state index < -0.39 is 0 Å². The summed E-state index contributed by atoms with van der Waals surface area (Å²) in [5, 5.41) is 16.3. The van der Waals surface area contributed by atoms with Crippen LogP contribution in [0.3, 0.4) is 0 Å². The van der Waals surface area contributed by atoms with Crippen LogP contribution in [0.15, 0.2) is 55.1 Å². The van der Waals surface area contributed by atoms with Crippen molar-refractivity contribution in [2.24, 2.45) is 0 Å². The predicted molar refractivity (Wildman–Crippen MR) is 164 cm³/mol. The van der Waals surface area contributed by atoms with Gasteiger partial charge < -0.3 is 34.7 Å². The van der Waals surface area contributed by atoms with Gasteiger partial charge in [0.1, 0.15) is 11.6 Å². The van der Waals surface area contributed by atoms with Gasteiger partial charge in [0.25, 0.3) is 0 Å². The normalized spacial score (nSPS) is 12.5. The van der Waals surface area contributed by atoms with Gasteiger partial charge in [0.15, 0.2) is 0 Å². The minimum Gasteiger partial charge on any atom is -0.492 e. The largest absolute Gasteiger partial charge is 0.492 e. The van der Waals surface area contributed by atoms with Gasteiger partial charge in [0.05, 0.1) is 62.6 Å². The van der Waals surface area contributed by atoms with Crippen molar-refractivity contribution in [3.05, 3.63) is 82.8 Å². The van der Waals surface area contributed by atoms with E-state index in [2.05, 4.69) is 55.2 Å². The Morgan fingerprint density at radius 1 is 1.02 bits per heavy atom. The third-order valence-electron chi connectivity index (χ3n) is 7.32. The number of aliphatic hydroxyl groups is 1. The highest BCUT2D eigenvalue weighted by molar-refractivity contribution is 6.34. The molecule has 0 aliphatic carbocycles. The molecule has 0 saturated heterocycles. The van der Waals surface area contributed by atoms with Gasteiger partial charge in [-0.1, -0.05) is 35.9 Å². The number of rotatable bonds is 15. The lowest BCUT2D eigenvalue weighted by molar-refractivity contribution is 0.291. The van der Waals surface area contributed by atoms with Crippen molar-refractivity contribution in [3.63, 3.8) is 0 Å². The van der Waals surface area contributed by atoms with Crippen LogP contribution < -0.4 is 25.0 Å². The Morgan fingerprint density at radius 3 is 2.69 bits per heavy atom. The zero-order valence-electron chi connectivity index (χ0n) is 24.1. The van der Waals surface area contributed by atoms with Crippen LogP contribution in [0.1, 0.15) is 29.1 Å². The van der Waals surface area contributed by atoms with E-state index in [1.165, 1.54) is 0 Å².